The average Bonchev–Trinajstić information content (AvgIpc) is 3.16. The molecule has 2 aromatic carbocycles. The van der Waals surface area contributed by atoms with Gasteiger partial charge >= 0.3 is 0 Å². The SMILES string of the molecule is COc1ccccc1NC(=O)C1=C(C)Nc2nc(SC)nn2[C@H]1c1ccccc1F. The molecule has 0 fully saturated rings. The van der Waals surface area contributed by atoms with Gasteiger partial charge in [0.1, 0.15) is 17.6 Å². The number of halogens is 1. The molecule has 2 heterocycles. The van der Waals surface area contributed by atoms with E-state index in [9.17, 15) is 9.18 Å². The highest BCUT2D eigenvalue weighted by Crippen LogP contribution is 2.37. The number of allylic oxidation sites excluding steroid dienone is 1. The zero-order valence-electron chi connectivity index (χ0n) is 16.6. The van der Waals surface area contributed by atoms with E-state index in [4.69, 9.17) is 4.74 Å². The summed E-state index contributed by atoms with van der Waals surface area (Å²) < 4.78 is 21.7. The number of aromatic nitrogens is 3. The molecule has 1 amide bonds. The number of fused-ring (bicyclic) bond motifs is 1. The second-order valence-corrected chi connectivity index (χ2v) is 7.38. The van der Waals surface area contributed by atoms with Crippen molar-refractivity contribution in [2.24, 2.45) is 0 Å². The van der Waals surface area contributed by atoms with Gasteiger partial charge in [0.25, 0.3) is 5.91 Å². The lowest BCUT2D eigenvalue weighted by atomic mass is 9.94. The lowest BCUT2D eigenvalue weighted by Crippen LogP contribution is -2.32. The first kappa shape index (κ1) is 20.0. The Morgan fingerprint density at radius 2 is 1.97 bits per heavy atom. The molecule has 1 aliphatic rings. The molecule has 154 valence electrons. The number of anilines is 2. The van der Waals surface area contributed by atoms with Gasteiger partial charge in [0.2, 0.25) is 11.1 Å². The van der Waals surface area contributed by atoms with E-state index in [1.54, 1.807) is 48.0 Å². The van der Waals surface area contributed by atoms with Crippen LogP contribution in [0.25, 0.3) is 0 Å². The van der Waals surface area contributed by atoms with Crippen LogP contribution in [0.1, 0.15) is 18.5 Å². The molecule has 1 atom stereocenters. The van der Waals surface area contributed by atoms with E-state index in [2.05, 4.69) is 20.7 Å². The second-order valence-electron chi connectivity index (χ2n) is 6.61. The topological polar surface area (TPSA) is 81.1 Å². The summed E-state index contributed by atoms with van der Waals surface area (Å²) in [5.74, 6) is 0.178. The summed E-state index contributed by atoms with van der Waals surface area (Å²) in [6, 6.07) is 12.7. The van der Waals surface area contributed by atoms with E-state index in [0.717, 1.165) is 0 Å². The highest BCUT2D eigenvalue weighted by atomic mass is 32.2. The van der Waals surface area contributed by atoms with Crippen molar-refractivity contribution < 1.29 is 13.9 Å². The molecule has 0 unspecified atom stereocenters. The van der Waals surface area contributed by atoms with Crippen LogP contribution in [-0.4, -0.2) is 34.0 Å². The summed E-state index contributed by atoms with van der Waals surface area (Å²) in [6.07, 6.45) is 1.86. The first-order chi connectivity index (χ1) is 14.5. The Balaban J connectivity index is 1.81. The fourth-order valence-electron chi connectivity index (χ4n) is 3.43. The van der Waals surface area contributed by atoms with Crippen LogP contribution in [0, 0.1) is 5.82 Å². The Hall–Kier alpha value is -3.33. The molecular weight excluding hydrogens is 405 g/mol. The fourth-order valence-corrected chi connectivity index (χ4v) is 3.78. The average molecular weight is 425 g/mol. The van der Waals surface area contributed by atoms with Gasteiger partial charge in [-0.05, 0) is 31.4 Å². The van der Waals surface area contributed by atoms with Crippen LogP contribution in [-0.2, 0) is 4.79 Å². The molecule has 1 aromatic heterocycles. The summed E-state index contributed by atoms with van der Waals surface area (Å²) >= 11 is 1.37. The third kappa shape index (κ3) is 3.52. The summed E-state index contributed by atoms with van der Waals surface area (Å²) in [4.78, 5) is 17.8. The Labute approximate surface area is 177 Å². The van der Waals surface area contributed by atoms with E-state index in [1.165, 1.54) is 24.9 Å². The maximum atomic E-state index is 14.8. The van der Waals surface area contributed by atoms with E-state index in [1.807, 2.05) is 12.3 Å². The van der Waals surface area contributed by atoms with Crippen LogP contribution in [0.4, 0.5) is 16.0 Å². The molecule has 7 nitrogen and oxygen atoms in total. The molecular formula is C21H20FN5O2S. The zero-order valence-corrected chi connectivity index (χ0v) is 17.5. The van der Waals surface area contributed by atoms with Crippen molar-refractivity contribution >= 4 is 29.3 Å². The van der Waals surface area contributed by atoms with Crippen molar-refractivity contribution in [3.63, 3.8) is 0 Å². The number of nitrogens with zero attached hydrogens (tertiary/aromatic N) is 3. The molecule has 0 saturated carbocycles. The minimum absolute atomic E-state index is 0.335. The second kappa shape index (κ2) is 8.19. The van der Waals surface area contributed by atoms with Gasteiger partial charge in [-0.2, -0.15) is 4.98 Å². The molecule has 0 saturated heterocycles. The molecule has 0 aliphatic carbocycles. The smallest absolute Gasteiger partial charge is 0.255 e. The highest BCUT2D eigenvalue weighted by Gasteiger charge is 2.35. The molecule has 0 radical (unpaired) electrons. The van der Waals surface area contributed by atoms with E-state index < -0.39 is 11.9 Å². The molecule has 30 heavy (non-hydrogen) atoms. The number of carbonyl (C=O) groups excluding carboxylic acids is 1. The number of nitrogens with one attached hydrogen (secondary N) is 2. The van der Waals surface area contributed by atoms with Crippen molar-refractivity contribution in [1.82, 2.24) is 14.8 Å². The summed E-state index contributed by atoms with van der Waals surface area (Å²) in [5.41, 5.74) is 1.77. The number of amides is 1. The van der Waals surface area contributed by atoms with Gasteiger partial charge in [-0.25, -0.2) is 9.07 Å². The van der Waals surface area contributed by atoms with E-state index in [-0.39, 0.29) is 5.91 Å². The van der Waals surface area contributed by atoms with Gasteiger partial charge in [-0.1, -0.05) is 42.1 Å². The van der Waals surface area contributed by atoms with E-state index in [0.29, 0.717) is 39.4 Å². The lowest BCUT2D eigenvalue weighted by molar-refractivity contribution is -0.113. The van der Waals surface area contributed by atoms with Crippen LogP contribution < -0.4 is 15.4 Å². The maximum absolute atomic E-state index is 14.8. The Morgan fingerprint density at radius 3 is 2.70 bits per heavy atom. The number of thioether (sulfide) groups is 1. The number of benzene rings is 2. The third-order valence-electron chi connectivity index (χ3n) is 4.82. The first-order valence-corrected chi connectivity index (χ1v) is 10.4. The van der Waals surface area contributed by atoms with Crippen LogP contribution >= 0.6 is 11.8 Å². The van der Waals surface area contributed by atoms with Crippen molar-refractivity contribution in [2.75, 3.05) is 24.0 Å². The zero-order chi connectivity index (χ0) is 21.3. The molecule has 1 aliphatic heterocycles. The van der Waals surface area contributed by atoms with Gasteiger partial charge in [-0.15, -0.1) is 5.10 Å². The number of ether oxygens (including phenoxy) is 1. The predicted molar refractivity (Wildman–Crippen MR) is 114 cm³/mol. The standard InChI is InChI=1S/C21H20FN5O2S/c1-12-17(19(28)24-15-10-6-7-11-16(15)29-2)18(13-8-4-5-9-14(13)22)27-20(23-12)25-21(26-27)30-3/h4-11,18H,1-3H3,(H,24,28)(H,23,25,26)/t18-/m0/s1. The first-order valence-electron chi connectivity index (χ1n) is 9.20. The molecule has 9 heteroatoms. The molecule has 4 rings (SSSR count). The van der Waals surface area contributed by atoms with Crippen LogP contribution in [0.3, 0.4) is 0 Å². The van der Waals surface area contributed by atoms with Crippen molar-refractivity contribution in [1.29, 1.82) is 0 Å². The number of hydrogen-bond acceptors (Lipinski definition) is 6. The van der Waals surface area contributed by atoms with Crippen molar-refractivity contribution in [3.8, 4) is 5.75 Å². The number of para-hydroxylation sites is 2. The number of hydrogen-bond donors (Lipinski definition) is 2. The van der Waals surface area contributed by atoms with Gasteiger partial charge in [-0.3, -0.25) is 4.79 Å². The van der Waals surface area contributed by atoms with Gasteiger partial charge < -0.3 is 15.4 Å². The number of rotatable bonds is 5. The van der Waals surface area contributed by atoms with E-state index >= 15 is 0 Å². The minimum atomic E-state index is -0.773. The molecule has 3 aromatic rings. The Bertz CT molecular complexity index is 1140. The third-order valence-corrected chi connectivity index (χ3v) is 5.35. The van der Waals surface area contributed by atoms with Gasteiger partial charge in [0.05, 0.1) is 18.4 Å². The van der Waals surface area contributed by atoms with Crippen molar-refractivity contribution in [3.05, 3.63) is 71.2 Å². The van der Waals surface area contributed by atoms with Gasteiger partial charge in [0, 0.05) is 11.3 Å². The van der Waals surface area contributed by atoms with Crippen LogP contribution in [0.2, 0.25) is 0 Å². The molecule has 0 spiro atoms. The Morgan fingerprint density at radius 1 is 1.23 bits per heavy atom. The molecule has 0 bridgehead atoms. The maximum Gasteiger partial charge on any atom is 0.255 e. The largest absolute Gasteiger partial charge is 0.495 e. The summed E-state index contributed by atoms with van der Waals surface area (Å²) in [6.45, 7) is 1.77. The lowest BCUT2D eigenvalue weighted by Gasteiger charge is -2.29. The summed E-state index contributed by atoms with van der Waals surface area (Å²) in [5, 5.41) is 11.0. The quantitative estimate of drug-likeness (QED) is 0.600. The summed E-state index contributed by atoms with van der Waals surface area (Å²) in [7, 11) is 1.53. The van der Waals surface area contributed by atoms with Gasteiger partial charge in [0.15, 0.2) is 0 Å². The van der Waals surface area contributed by atoms with Crippen LogP contribution in [0.15, 0.2) is 65.0 Å². The number of methoxy groups -OCH3 is 1. The normalized spacial score (nSPS) is 15.4. The fraction of sp³-hybridized carbons (Fsp3) is 0.190. The predicted octanol–water partition coefficient (Wildman–Crippen LogP) is 4.08. The van der Waals surface area contributed by atoms with Crippen molar-refractivity contribution in [2.45, 2.75) is 18.1 Å². The minimum Gasteiger partial charge on any atom is -0.495 e. The Kier molecular flexibility index (Phi) is 5.45. The number of carbonyl (C=O) groups is 1. The molecule has 2 N–H and O–H groups in total. The van der Waals surface area contributed by atoms with Crippen LogP contribution in [0.5, 0.6) is 5.75 Å². The highest BCUT2D eigenvalue weighted by molar-refractivity contribution is 7.98. The monoisotopic (exact) mass is 425 g/mol.